The Bertz CT molecular complexity index is 255. The lowest BCUT2D eigenvalue weighted by atomic mass is 9.79. The van der Waals surface area contributed by atoms with Crippen molar-refractivity contribution in [3.63, 3.8) is 0 Å². The summed E-state index contributed by atoms with van der Waals surface area (Å²) in [6.45, 7) is 10.1. The summed E-state index contributed by atoms with van der Waals surface area (Å²) in [5.74, 6) is 0.933. The molecule has 18 heavy (non-hydrogen) atoms. The zero-order chi connectivity index (χ0) is 13.7. The van der Waals surface area contributed by atoms with E-state index in [1.165, 1.54) is 19.3 Å². The van der Waals surface area contributed by atoms with Gasteiger partial charge in [-0.15, -0.1) is 0 Å². The van der Waals surface area contributed by atoms with E-state index >= 15 is 0 Å². The van der Waals surface area contributed by atoms with Gasteiger partial charge in [-0.3, -0.25) is 9.69 Å². The second-order valence-electron chi connectivity index (χ2n) is 6.40. The molecule has 3 heteroatoms. The standard InChI is InChI=1S/C15H29NO2/c1-11(2)16(7-5-6-15(17)18)14-9-12(3)8-13(4)10-14/h11-14H,5-10H2,1-4H3,(H,17,18). The van der Waals surface area contributed by atoms with Gasteiger partial charge in [0, 0.05) is 18.5 Å². The van der Waals surface area contributed by atoms with E-state index < -0.39 is 5.97 Å². The molecule has 0 heterocycles. The van der Waals surface area contributed by atoms with Crippen LogP contribution in [-0.4, -0.2) is 34.6 Å². The second kappa shape index (κ2) is 7.13. The topological polar surface area (TPSA) is 40.5 Å². The molecule has 1 aliphatic carbocycles. The van der Waals surface area contributed by atoms with E-state index in [0.717, 1.165) is 24.8 Å². The van der Waals surface area contributed by atoms with Crippen LogP contribution in [0, 0.1) is 11.8 Å². The number of hydrogen-bond donors (Lipinski definition) is 1. The van der Waals surface area contributed by atoms with Gasteiger partial charge in [-0.25, -0.2) is 0 Å². The minimum atomic E-state index is -0.677. The Balaban J connectivity index is 2.52. The molecule has 0 radical (unpaired) electrons. The average molecular weight is 255 g/mol. The minimum absolute atomic E-state index is 0.293. The fourth-order valence-electron chi connectivity index (χ4n) is 3.45. The Morgan fingerprint density at radius 3 is 2.22 bits per heavy atom. The lowest BCUT2D eigenvalue weighted by Crippen LogP contribution is -2.44. The third kappa shape index (κ3) is 4.97. The Morgan fingerprint density at radius 2 is 1.78 bits per heavy atom. The first kappa shape index (κ1) is 15.5. The molecular formula is C15H29NO2. The molecule has 0 aliphatic heterocycles. The van der Waals surface area contributed by atoms with E-state index in [1.54, 1.807) is 0 Å². The summed E-state index contributed by atoms with van der Waals surface area (Å²) in [7, 11) is 0. The molecule has 0 aromatic carbocycles. The molecule has 1 rings (SSSR count). The van der Waals surface area contributed by atoms with E-state index in [4.69, 9.17) is 5.11 Å². The highest BCUT2D eigenvalue weighted by Crippen LogP contribution is 2.32. The van der Waals surface area contributed by atoms with Crippen LogP contribution < -0.4 is 0 Å². The maximum absolute atomic E-state index is 10.6. The number of aliphatic carboxylic acids is 1. The number of rotatable bonds is 6. The first-order chi connectivity index (χ1) is 8.40. The van der Waals surface area contributed by atoms with Crippen molar-refractivity contribution < 1.29 is 9.90 Å². The highest BCUT2D eigenvalue weighted by atomic mass is 16.4. The molecule has 1 saturated carbocycles. The predicted molar refractivity (Wildman–Crippen MR) is 74.7 cm³/mol. The van der Waals surface area contributed by atoms with Crippen molar-refractivity contribution in [2.24, 2.45) is 11.8 Å². The monoisotopic (exact) mass is 255 g/mol. The number of nitrogens with zero attached hydrogens (tertiary/aromatic N) is 1. The first-order valence-electron chi connectivity index (χ1n) is 7.37. The van der Waals surface area contributed by atoms with Crippen LogP contribution >= 0.6 is 0 Å². The van der Waals surface area contributed by atoms with Gasteiger partial charge in [0.15, 0.2) is 0 Å². The summed E-state index contributed by atoms with van der Waals surface area (Å²) in [6, 6.07) is 1.17. The van der Waals surface area contributed by atoms with Gasteiger partial charge in [-0.2, -0.15) is 0 Å². The zero-order valence-electron chi connectivity index (χ0n) is 12.4. The summed E-state index contributed by atoms with van der Waals surface area (Å²) < 4.78 is 0. The lowest BCUT2D eigenvalue weighted by molar-refractivity contribution is -0.137. The highest BCUT2D eigenvalue weighted by molar-refractivity contribution is 5.66. The smallest absolute Gasteiger partial charge is 0.303 e. The molecule has 0 spiro atoms. The Kier molecular flexibility index (Phi) is 6.13. The third-order valence-corrected chi connectivity index (χ3v) is 4.09. The second-order valence-corrected chi connectivity index (χ2v) is 6.40. The fourth-order valence-corrected chi connectivity index (χ4v) is 3.45. The summed E-state index contributed by atoms with van der Waals surface area (Å²) in [5.41, 5.74) is 0. The van der Waals surface area contributed by atoms with Crippen LogP contribution in [0.3, 0.4) is 0 Å². The van der Waals surface area contributed by atoms with E-state index in [0.29, 0.717) is 18.5 Å². The maximum atomic E-state index is 10.6. The van der Waals surface area contributed by atoms with Crippen LogP contribution in [0.15, 0.2) is 0 Å². The fraction of sp³-hybridized carbons (Fsp3) is 0.933. The van der Waals surface area contributed by atoms with E-state index in [1.807, 2.05) is 0 Å². The molecule has 0 bridgehead atoms. The van der Waals surface area contributed by atoms with Crippen LogP contribution in [0.1, 0.15) is 59.8 Å². The quantitative estimate of drug-likeness (QED) is 0.791. The Morgan fingerprint density at radius 1 is 1.22 bits per heavy atom. The number of carbonyl (C=O) groups is 1. The SMILES string of the molecule is CC1CC(C)CC(N(CCCC(=O)O)C(C)C)C1. The van der Waals surface area contributed by atoms with Crippen molar-refractivity contribution >= 4 is 5.97 Å². The van der Waals surface area contributed by atoms with Crippen LogP contribution in [0.5, 0.6) is 0 Å². The minimum Gasteiger partial charge on any atom is -0.481 e. The largest absolute Gasteiger partial charge is 0.481 e. The molecule has 2 unspecified atom stereocenters. The van der Waals surface area contributed by atoms with Gasteiger partial charge in [-0.05, 0) is 57.9 Å². The van der Waals surface area contributed by atoms with Crippen LogP contribution in [-0.2, 0) is 4.79 Å². The van der Waals surface area contributed by atoms with Gasteiger partial charge in [0.05, 0.1) is 0 Å². The Labute approximate surface area is 112 Å². The van der Waals surface area contributed by atoms with Gasteiger partial charge >= 0.3 is 5.97 Å². The van der Waals surface area contributed by atoms with Gasteiger partial charge in [0.2, 0.25) is 0 Å². The molecule has 1 aliphatic rings. The highest BCUT2D eigenvalue weighted by Gasteiger charge is 2.29. The molecule has 0 saturated heterocycles. The van der Waals surface area contributed by atoms with Crippen LogP contribution in [0.25, 0.3) is 0 Å². The third-order valence-electron chi connectivity index (χ3n) is 4.09. The average Bonchev–Trinajstić information content (AvgIpc) is 2.21. The van der Waals surface area contributed by atoms with Crippen LogP contribution in [0.4, 0.5) is 0 Å². The van der Waals surface area contributed by atoms with Crippen LogP contribution in [0.2, 0.25) is 0 Å². The van der Waals surface area contributed by atoms with Gasteiger partial charge < -0.3 is 5.11 Å². The number of carboxylic acids is 1. The normalized spacial score (nSPS) is 28.9. The van der Waals surface area contributed by atoms with Gasteiger partial charge in [-0.1, -0.05) is 13.8 Å². The molecular weight excluding hydrogens is 226 g/mol. The molecule has 2 atom stereocenters. The van der Waals surface area contributed by atoms with Crippen molar-refractivity contribution in [2.75, 3.05) is 6.54 Å². The summed E-state index contributed by atoms with van der Waals surface area (Å²) in [6.07, 6.45) is 4.95. The molecule has 1 N–H and O–H groups in total. The maximum Gasteiger partial charge on any atom is 0.303 e. The summed E-state index contributed by atoms with van der Waals surface area (Å²) >= 11 is 0. The molecule has 3 nitrogen and oxygen atoms in total. The number of carboxylic acid groups (broad SMARTS) is 1. The first-order valence-corrected chi connectivity index (χ1v) is 7.37. The summed E-state index contributed by atoms with van der Waals surface area (Å²) in [4.78, 5) is 13.1. The zero-order valence-corrected chi connectivity index (χ0v) is 12.4. The van der Waals surface area contributed by atoms with Crippen molar-refractivity contribution in [2.45, 2.75) is 71.9 Å². The molecule has 0 aromatic heterocycles. The summed E-state index contributed by atoms with van der Waals surface area (Å²) in [5, 5.41) is 8.74. The van der Waals surface area contributed by atoms with Gasteiger partial charge in [0.1, 0.15) is 0 Å². The molecule has 0 amide bonds. The van der Waals surface area contributed by atoms with Crippen molar-refractivity contribution in [1.29, 1.82) is 0 Å². The van der Waals surface area contributed by atoms with Crippen molar-refractivity contribution in [3.05, 3.63) is 0 Å². The molecule has 0 aromatic rings. The number of hydrogen-bond acceptors (Lipinski definition) is 2. The van der Waals surface area contributed by atoms with E-state index in [9.17, 15) is 4.79 Å². The predicted octanol–water partition coefficient (Wildman–Crippen LogP) is 3.39. The molecule has 1 fully saturated rings. The lowest BCUT2D eigenvalue weighted by Gasteiger charge is -2.41. The Hall–Kier alpha value is -0.570. The van der Waals surface area contributed by atoms with E-state index in [-0.39, 0.29) is 0 Å². The van der Waals surface area contributed by atoms with Crippen molar-refractivity contribution in [1.82, 2.24) is 4.90 Å². The van der Waals surface area contributed by atoms with Crippen molar-refractivity contribution in [3.8, 4) is 0 Å². The molecule has 106 valence electrons. The van der Waals surface area contributed by atoms with Gasteiger partial charge in [0.25, 0.3) is 0 Å². The van der Waals surface area contributed by atoms with E-state index in [2.05, 4.69) is 32.6 Å².